The Balaban J connectivity index is 1.69. The summed E-state index contributed by atoms with van der Waals surface area (Å²) in [5.41, 5.74) is 0.763. The van der Waals surface area contributed by atoms with Gasteiger partial charge in [-0.15, -0.1) is 22.7 Å². The first-order chi connectivity index (χ1) is 12.4. The van der Waals surface area contributed by atoms with E-state index in [0.717, 1.165) is 28.7 Å². The fourth-order valence-corrected chi connectivity index (χ4v) is 5.26. The molecule has 2 aromatic rings. The Morgan fingerprint density at radius 1 is 1.27 bits per heavy atom. The van der Waals surface area contributed by atoms with Gasteiger partial charge in [0.05, 0.1) is 21.0 Å². The summed E-state index contributed by atoms with van der Waals surface area (Å²) < 4.78 is 0.717. The Morgan fingerprint density at radius 3 is 2.50 bits per heavy atom. The number of carbonyl (C=O) groups excluding carboxylic acids is 1. The van der Waals surface area contributed by atoms with Gasteiger partial charge >= 0.3 is 0 Å². The third-order valence-electron chi connectivity index (χ3n) is 4.53. The van der Waals surface area contributed by atoms with E-state index in [4.69, 9.17) is 11.6 Å². The molecular formula is C18H21ClN4OS2. The lowest BCUT2D eigenvalue weighted by atomic mass is 10.0. The van der Waals surface area contributed by atoms with Crippen LogP contribution in [0.15, 0.2) is 12.1 Å². The molecule has 1 fully saturated rings. The molecule has 1 saturated heterocycles. The van der Waals surface area contributed by atoms with E-state index in [9.17, 15) is 10.1 Å². The van der Waals surface area contributed by atoms with E-state index in [1.165, 1.54) is 22.7 Å². The van der Waals surface area contributed by atoms with Crippen molar-refractivity contribution in [2.75, 3.05) is 26.2 Å². The second-order valence-corrected chi connectivity index (χ2v) is 9.40. The van der Waals surface area contributed by atoms with Crippen molar-refractivity contribution in [2.45, 2.75) is 26.8 Å². The number of carbonyl (C=O) groups is 1. The highest BCUT2D eigenvalue weighted by molar-refractivity contribution is 7.24. The Morgan fingerprint density at radius 2 is 1.96 bits per heavy atom. The summed E-state index contributed by atoms with van der Waals surface area (Å²) in [6.07, 6.45) is 0. The number of aromatic nitrogens is 1. The van der Waals surface area contributed by atoms with Crippen LogP contribution >= 0.6 is 34.3 Å². The van der Waals surface area contributed by atoms with Crippen LogP contribution in [0.25, 0.3) is 9.88 Å². The Bertz CT molecular complexity index is 831. The molecule has 0 radical (unpaired) electrons. The monoisotopic (exact) mass is 408 g/mol. The van der Waals surface area contributed by atoms with E-state index in [-0.39, 0.29) is 17.9 Å². The van der Waals surface area contributed by atoms with Crippen molar-refractivity contribution in [1.29, 1.82) is 5.26 Å². The van der Waals surface area contributed by atoms with Crippen molar-refractivity contribution < 1.29 is 4.79 Å². The van der Waals surface area contributed by atoms with E-state index in [2.05, 4.69) is 29.8 Å². The first-order valence-corrected chi connectivity index (χ1v) is 10.6. The van der Waals surface area contributed by atoms with Gasteiger partial charge in [0.25, 0.3) is 5.91 Å². The van der Waals surface area contributed by atoms with Crippen molar-refractivity contribution in [3.05, 3.63) is 27.0 Å². The maximum atomic E-state index is 12.9. The molecule has 5 nitrogen and oxygen atoms in total. The van der Waals surface area contributed by atoms with Crippen LogP contribution in [0.1, 0.15) is 29.2 Å². The van der Waals surface area contributed by atoms with Crippen molar-refractivity contribution in [2.24, 2.45) is 5.92 Å². The van der Waals surface area contributed by atoms with Crippen molar-refractivity contribution >= 4 is 40.2 Å². The molecule has 3 heterocycles. The summed E-state index contributed by atoms with van der Waals surface area (Å²) in [6.45, 7) is 8.74. The van der Waals surface area contributed by atoms with Crippen LogP contribution in [-0.2, 0) is 0 Å². The van der Waals surface area contributed by atoms with Crippen LogP contribution in [0.5, 0.6) is 0 Å². The molecule has 1 unspecified atom stereocenters. The minimum absolute atomic E-state index is 0.0339. The summed E-state index contributed by atoms with van der Waals surface area (Å²) in [7, 11) is 0. The van der Waals surface area contributed by atoms with E-state index < -0.39 is 0 Å². The number of aryl methyl sites for hydroxylation is 1. The number of hydrogen-bond donors (Lipinski definition) is 0. The number of thiophene rings is 1. The van der Waals surface area contributed by atoms with Crippen molar-refractivity contribution in [3.8, 4) is 16.0 Å². The molecule has 0 N–H and O–H groups in total. The number of halogens is 1. The zero-order valence-corrected chi connectivity index (χ0v) is 17.4. The van der Waals surface area contributed by atoms with Gasteiger partial charge in [0.2, 0.25) is 0 Å². The number of hydrogen-bond acceptors (Lipinski definition) is 6. The average molecular weight is 409 g/mol. The second-order valence-electron chi connectivity index (χ2n) is 6.68. The van der Waals surface area contributed by atoms with Gasteiger partial charge in [0, 0.05) is 26.2 Å². The number of nitrogens with zero attached hydrogens (tertiary/aromatic N) is 4. The van der Waals surface area contributed by atoms with Crippen molar-refractivity contribution in [3.63, 3.8) is 0 Å². The lowest BCUT2D eigenvalue weighted by Gasteiger charge is -2.38. The van der Waals surface area contributed by atoms with Gasteiger partial charge < -0.3 is 4.90 Å². The average Bonchev–Trinajstić information content (AvgIpc) is 3.21. The van der Waals surface area contributed by atoms with Gasteiger partial charge in [-0.1, -0.05) is 25.4 Å². The normalized spacial score (nSPS) is 16.7. The molecule has 3 rings (SSSR count). The Labute approximate surface area is 166 Å². The number of rotatable bonds is 4. The molecule has 1 atom stereocenters. The summed E-state index contributed by atoms with van der Waals surface area (Å²) >= 11 is 8.90. The third-order valence-corrected chi connectivity index (χ3v) is 7.08. The van der Waals surface area contributed by atoms with Crippen LogP contribution in [0.4, 0.5) is 0 Å². The largest absolute Gasteiger partial charge is 0.335 e. The summed E-state index contributed by atoms with van der Waals surface area (Å²) in [5, 5.41) is 10.2. The smallest absolute Gasteiger partial charge is 0.265 e. The first kappa shape index (κ1) is 19.3. The Kier molecular flexibility index (Phi) is 5.98. The molecule has 0 aromatic carbocycles. The van der Waals surface area contributed by atoms with Crippen molar-refractivity contribution in [1.82, 2.24) is 14.8 Å². The topological polar surface area (TPSA) is 60.2 Å². The molecule has 0 spiro atoms. The fourth-order valence-electron chi connectivity index (χ4n) is 3.13. The molecule has 0 aliphatic carbocycles. The predicted molar refractivity (Wildman–Crippen MR) is 107 cm³/mol. The molecular weight excluding hydrogens is 388 g/mol. The number of amides is 1. The summed E-state index contributed by atoms with van der Waals surface area (Å²) in [6, 6.07) is 6.08. The predicted octanol–water partition coefficient (Wildman–Crippen LogP) is 4.14. The zero-order valence-electron chi connectivity index (χ0n) is 15.0. The van der Waals surface area contributed by atoms with Gasteiger partial charge in [-0.2, -0.15) is 5.26 Å². The summed E-state index contributed by atoms with van der Waals surface area (Å²) in [4.78, 5) is 23.2. The first-order valence-electron chi connectivity index (χ1n) is 8.56. The van der Waals surface area contributed by atoms with E-state index >= 15 is 0 Å². The van der Waals surface area contributed by atoms with Gasteiger partial charge in [-0.3, -0.25) is 9.69 Å². The maximum Gasteiger partial charge on any atom is 0.265 e. The van der Waals surface area contributed by atoms with E-state index in [1.807, 2.05) is 24.0 Å². The van der Waals surface area contributed by atoms with Crippen LogP contribution in [0.2, 0.25) is 4.34 Å². The lowest BCUT2D eigenvalue weighted by molar-refractivity contribution is 0.0580. The van der Waals surface area contributed by atoms with Crippen LogP contribution in [0, 0.1) is 24.2 Å². The number of thiazole rings is 1. The lowest BCUT2D eigenvalue weighted by Crippen LogP contribution is -2.52. The van der Waals surface area contributed by atoms with Gasteiger partial charge in [-0.25, -0.2) is 4.98 Å². The zero-order chi connectivity index (χ0) is 18.8. The minimum atomic E-state index is -0.0902. The number of nitriles is 1. The standard InChI is InChI=1S/C18H21ClN4OS2/c1-11(2)13(10-20)22-6-8-23(9-7-22)18(24)16-12(3)21-17(26-16)14-4-5-15(19)25-14/h4-5,11,13H,6-9H2,1-3H3. The molecule has 1 amide bonds. The highest BCUT2D eigenvalue weighted by Crippen LogP contribution is 2.35. The van der Waals surface area contributed by atoms with Crippen LogP contribution < -0.4 is 0 Å². The molecule has 0 saturated carbocycles. The van der Waals surface area contributed by atoms with Crippen LogP contribution in [0.3, 0.4) is 0 Å². The fraction of sp³-hybridized carbons (Fsp3) is 0.500. The molecule has 0 bridgehead atoms. The highest BCUT2D eigenvalue weighted by atomic mass is 35.5. The molecule has 1 aliphatic rings. The quantitative estimate of drug-likeness (QED) is 0.762. The van der Waals surface area contributed by atoms with E-state index in [1.54, 1.807) is 0 Å². The third kappa shape index (κ3) is 3.94. The highest BCUT2D eigenvalue weighted by Gasteiger charge is 2.29. The molecule has 8 heteroatoms. The maximum absolute atomic E-state index is 12.9. The molecule has 2 aromatic heterocycles. The second kappa shape index (κ2) is 8.05. The van der Waals surface area contributed by atoms with Gasteiger partial charge in [0.1, 0.15) is 15.9 Å². The van der Waals surface area contributed by atoms with Gasteiger partial charge in [0.15, 0.2) is 0 Å². The number of piperazine rings is 1. The SMILES string of the molecule is Cc1nc(-c2ccc(Cl)s2)sc1C(=O)N1CCN(C(C#N)C(C)C)CC1. The molecule has 1 aliphatic heterocycles. The Hall–Kier alpha value is -1.46. The van der Waals surface area contributed by atoms with E-state index in [0.29, 0.717) is 22.3 Å². The molecule has 26 heavy (non-hydrogen) atoms. The van der Waals surface area contributed by atoms with Crippen LogP contribution in [-0.4, -0.2) is 52.9 Å². The minimum Gasteiger partial charge on any atom is -0.335 e. The molecule has 138 valence electrons. The summed E-state index contributed by atoms with van der Waals surface area (Å²) in [5.74, 6) is 0.317. The van der Waals surface area contributed by atoms with Gasteiger partial charge in [-0.05, 0) is 25.0 Å².